The average molecular weight is 187 g/mol. The number of nitrogens with one attached hydrogen (secondary N) is 1. The third kappa shape index (κ3) is 1.95. The van der Waals surface area contributed by atoms with Gasteiger partial charge < -0.3 is 10.1 Å². The Morgan fingerprint density at radius 1 is 1.33 bits per heavy atom. The van der Waals surface area contributed by atoms with Crippen molar-refractivity contribution in [2.75, 3.05) is 19.8 Å². The molecule has 0 amide bonds. The van der Waals surface area contributed by atoms with Crippen molar-refractivity contribution in [3.8, 4) is 0 Å². The van der Waals surface area contributed by atoms with Gasteiger partial charge in [0.1, 0.15) is 0 Å². The summed E-state index contributed by atoms with van der Waals surface area (Å²) >= 11 is 2.11. The largest absolute Gasteiger partial charge is 0.381 e. The summed E-state index contributed by atoms with van der Waals surface area (Å²) in [7, 11) is 0. The highest BCUT2D eigenvalue weighted by Crippen LogP contribution is 2.32. The normalized spacial score (nSPS) is 38.8. The zero-order valence-electron chi connectivity index (χ0n) is 7.58. The number of hydrogen-bond acceptors (Lipinski definition) is 3. The lowest BCUT2D eigenvalue weighted by Crippen LogP contribution is -2.32. The Morgan fingerprint density at radius 3 is 2.67 bits per heavy atom. The van der Waals surface area contributed by atoms with Crippen molar-refractivity contribution in [2.24, 2.45) is 5.92 Å². The summed E-state index contributed by atoms with van der Waals surface area (Å²) in [6.45, 7) is 5.43. The first kappa shape index (κ1) is 8.85. The average Bonchev–Trinajstić information content (AvgIpc) is 2.54. The van der Waals surface area contributed by atoms with E-state index in [4.69, 9.17) is 4.74 Å². The van der Waals surface area contributed by atoms with Crippen LogP contribution in [0.5, 0.6) is 0 Å². The van der Waals surface area contributed by atoms with Crippen molar-refractivity contribution in [1.29, 1.82) is 0 Å². The van der Waals surface area contributed by atoms with Crippen molar-refractivity contribution in [2.45, 2.75) is 30.4 Å². The predicted octanol–water partition coefficient (Wildman–Crippen LogP) is 1.46. The topological polar surface area (TPSA) is 21.3 Å². The molecule has 2 heterocycles. The predicted molar refractivity (Wildman–Crippen MR) is 52.4 cm³/mol. The molecular weight excluding hydrogens is 170 g/mol. The van der Waals surface area contributed by atoms with E-state index in [1.165, 1.54) is 19.4 Å². The molecule has 0 aromatic heterocycles. The van der Waals surface area contributed by atoms with Crippen LogP contribution in [0.1, 0.15) is 19.8 Å². The smallest absolute Gasteiger partial charge is 0.0565 e. The summed E-state index contributed by atoms with van der Waals surface area (Å²) < 4.78 is 5.35. The van der Waals surface area contributed by atoms with Crippen molar-refractivity contribution < 1.29 is 4.74 Å². The minimum Gasteiger partial charge on any atom is -0.381 e. The molecule has 0 radical (unpaired) electrons. The maximum absolute atomic E-state index is 5.35. The number of ether oxygens (including phenoxy) is 1. The van der Waals surface area contributed by atoms with Gasteiger partial charge in [0.05, 0.1) is 5.37 Å². The van der Waals surface area contributed by atoms with Gasteiger partial charge in [-0.05, 0) is 18.8 Å². The van der Waals surface area contributed by atoms with Crippen LogP contribution in [0, 0.1) is 5.92 Å². The van der Waals surface area contributed by atoms with E-state index in [0.29, 0.717) is 5.37 Å². The maximum Gasteiger partial charge on any atom is 0.0565 e. The Hall–Kier alpha value is 0.270. The Morgan fingerprint density at radius 2 is 2.08 bits per heavy atom. The molecule has 0 aromatic carbocycles. The second kappa shape index (κ2) is 3.99. The third-order valence-electron chi connectivity index (χ3n) is 2.68. The number of hydrogen-bond donors (Lipinski definition) is 1. The van der Waals surface area contributed by atoms with Crippen LogP contribution in [0.15, 0.2) is 0 Å². The van der Waals surface area contributed by atoms with Gasteiger partial charge in [0.15, 0.2) is 0 Å². The Labute approximate surface area is 78.4 Å². The molecule has 1 N–H and O–H groups in total. The molecule has 12 heavy (non-hydrogen) atoms. The second-order valence-corrected chi connectivity index (χ2v) is 5.31. The highest BCUT2D eigenvalue weighted by molar-refractivity contribution is 8.00. The molecule has 2 rings (SSSR count). The Bertz CT molecular complexity index is 145. The molecule has 0 aromatic rings. The van der Waals surface area contributed by atoms with Gasteiger partial charge in [0.25, 0.3) is 0 Å². The molecule has 0 saturated carbocycles. The van der Waals surface area contributed by atoms with Gasteiger partial charge in [-0.2, -0.15) is 0 Å². The molecule has 2 nitrogen and oxygen atoms in total. The monoisotopic (exact) mass is 187 g/mol. The first-order valence-corrected chi connectivity index (χ1v) is 5.77. The minimum absolute atomic E-state index is 0.712. The molecule has 0 bridgehead atoms. The summed E-state index contributed by atoms with van der Waals surface area (Å²) in [6, 6.07) is 0. The third-order valence-corrected chi connectivity index (χ3v) is 4.16. The summed E-state index contributed by atoms with van der Waals surface area (Å²) in [6.07, 6.45) is 2.49. The highest BCUT2D eigenvalue weighted by atomic mass is 32.2. The lowest BCUT2D eigenvalue weighted by Gasteiger charge is -2.26. The van der Waals surface area contributed by atoms with E-state index in [-0.39, 0.29) is 0 Å². The van der Waals surface area contributed by atoms with Crippen LogP contribution < -0.4 is 5.32 Å². The minimum atomic E-state index is 0.712. The van der Waals surface area contributed by atoms with E-state index in [0.717, 1.165) is 24.4 Å². The molecule has 2 atom stereocenters. The van der Waals surface area contributed by atoms with E-state index >= 15 is 0 Å². The van der Waals surface area contributed by atoms with E-state index in [1.807, 2.05) is 0 Å². The van der Waals surface area contributed by atoms with Gasteiger partial charge in [-0.15, -0.1) is 11.8 Å². The van der Waals surface area contributed by atoms with E-state index in [1.54, 1.807) is 0 Å². The maximum atomic E-state index is 5.35. The zero-order chi connectivity index (χ0) is 8.39. The summed E-state index contributed by atoms with van der Waals surface area (Å²) in [4.78, 5) is 0. The molecular formula is C9H17NOS. The van der Waals surface area contributed by atoms with Crippen LogP contribution >= 0.6 is 11.8 Å². The van der Waals surface area contributed by atoms with Crippen LogP contribution in [0.4, 0.5) is 0 Å². The van der Waals surface area contributed by atoms with E-state index in [2.05, 4.69) is 24.0 Å². The molecule has 2 aliphatic heterocycles. The highest BCUT2D eigenvalue weighted by Gasteiger charge is 2.29. The quantitative estimate of drug-likeness (QED) is 0.671. The Kier molecular flexibility index (Phi) is 2.94. The molecule has 2 aliphatic rings. The van der Waals surface area contributed by atoms with Gasteiger partial charge in [-0.25, -0.2) is 0 Å². The van der Waals surface area contributed by atoms with Gasteiger partial charge >= 0.3 is 0 Å². The molecule has 2 unspecified atom stereocenters. The van der Waals surface area contributed by atoms with Crippen molar-refractivity contribution >= 4 is 11.8 Å². The van der Waals surface area contributed by atoms with Crippen LogP contribution in [0.2, 0.25) is 0 Å². The summed E-state index contributed by atoms with van der Waals surface area (Å²) in [5.41, 5.74) is 0. The number of thioether (sulfide) groups is 1. The first-order valence-electron chi connectivity index (χ1n) is 4.83. The van der Waals surface area contributed by atoms with Gasteiger partial charge in [-0.1, -0.05) is 6.92 Å². The van der Waals surface area contributed by atoms with Crippen LogP contribution in [-0.2, 0) is 4.74 Å². The summed E-state index contributed by atoms with van der Waals surface area (Å²) in [5, 5.41) is 5.10. The van der Waals surface area contributed by atoms with Crippen molar-refractivity contribution in [3.05, 3.63) is 0 Å². The summed E-state index contributed by atoms with van der Waals surface area (Å²) in [5.74, 6) is 0.855. The lowest BCUT2D eigenvalue weighted by molar-refractivity contribution is 0.0639. The van der Waals surface area contributed by atoms with Gasteiger partial charge in [-0.3, -0.25) is 0 Å². The van der Waals surface area contributed by atoms with Crippen molar-refractivity contribution in [1.82, 2.24) is 5.32 Å². The fourth-order valence-electron chi connectivity index (χ4n) is 1.92. The van der Waals surface area contributed by atoms with E-state index in [9.17, 15) is 0 Å². The number of rotatable bonds is 1. The van der Waals surface area contributed by atoms with Crippen molar-refractivity contribution in [3.63, 3.8) is 0 Å². The van der Waals surface area contributed by atoms with Gasteiger partial charge in [0.2, 0.25) is 0 Å². The fraction of sp³-hybridized carbons (Fsp3) is 1.00. The molecule has 70 valence electrons. The van der Waals surface area contributed by atoms with Crippen LogP contribution in [0.3, 0.4) is 0 Å². The van der Waals surface area contributed by atoms with E-state index < -0.39 is 0 Å². The standard InChI is InChI=1S/C9H17NOS/c1-7-6-10-9(12-7)8-2-4-11-5-3-8/h7-10H,2-6H2,1H3. The lowest BCUT2D eigenvalue weighted by atomic mass is 10.0. The van der Waals surface area contributed by atoms with Gasteiger partial charge in [0, 0.05) is 25.0 Å². The first-order chi connectivity index (χ1) is 5.86. The van der Waals surface area contributed by atoms with Crippen LogP contribution in [0.25, 0.3) is 0 Å². The second-order valence-electron chi connectivity index (χ2n) is 3.73. The van der Waals surface area contributed by atoms with Crippen LogP contribution in [-0.4, -0.2) is 30.4 Å². The molecule has 0 aliphatic carbocycles. The SMILES string of the molecule is CC1CNC(C2CCOCC2)S1. The molecule has 0 spiro atoms. The molecule has 3 heteroatoms. The Balaban J connectivity index is 1.83. The fourth-order valence-corrected chi connectivity index (χ4v) is 3.30. The molecule has 2 fully saturated rings. The zero-order valence-corrected chi connectivity index (χ0v) is 8.40. The molecule has 2 saturated heterocycles.